The van der Waals surface area contributed by atoms with Gasteiger partial charge in [-0.05, 0) is 18.2 Å². The summed E-state index contributed by atoms with van der Waals surface area (Å²) >= 11 is 0. The maximum Gasteiger partial charge on any atom is 0.335 e. The van der Waals surface area contributed by atoms with Crippen molar-refractivity contribution >= 4 is 11.9 Å². The summed E-state index contributed by atoms with van der Waals surface area (Å²) in [4.78, 5) is 22.0. The first-order valence-electron chi connectivity index (χ1n) is 5.44. The first-order valence-corrected chi connectivity index (χ1v) is 5.44. The van der Waals surface area contributed by atoms with Crippen molar-refractivity contribution in [2.24, 2.45) is 0 Å². The lowest BCUT2D eigenvalue weighted by Crippen LogP contribution is -2.18. The molecule has 2 aromatic rings. The van der Waals surface area contributed by atoms with Gasteiger partial charge >= 0.3 is 5.97 Å². The second kappa shape index (κ2) is 5.08. The summed E-state index contributed by atoms with van der Waals surface area (Å²) in [5, 5.41) is 14.7. The number of carboxylic acid groups (broad SMARTS) is 1. The van der Waals surface area contributed by atoms with Gasteiger partial charge in [0.15, 0.2) is 17.3 Å². The Hall–Kier alpha value is -2.77. The second-order valence-electron chi connectivity index (χ2n) is 3.82. The van der Waals surface area contributed by atoms with Gasteiger partial charge < -0.3 is 10.4 Å². The molecule has 1 aromatic heterocycles. The van der Waals surface area contributed by atoms with Crippen molar-refractivity contribution in [2.45, 2.75) is 0 Å². The molecular weight excluding hydrogens is 272 g/mol. The normalized spacial score (nSPS) is 10.3. The predicted octanol–water partition coefficient (Wildman–Crippen LogP) is 1.21. The van der Waals surface area contributed by atoms with E-state index in [1.54, 1.807) is 0 Å². The van der Waals surface area contributed by atoms with Crippen molar-refractivity contribution in [2.75, 3.05) is 7.05 Å². The smallest absolute Gasteiger partial charge is 0.335 e. The average molecular weight is 281 g/mol. The van der Waals surface area contributed by atoms with Gasteiger partial charge in [-0.1, -0.05) is 0 Å². The summed E-state index contributed by atoms with van der Waals surface area (Å²) in [6.45, 7) is 0. The van der Waals surface area contributed by atoms with Crippen LogP contribution in [0.5, 0.6) is 0 Å². The van der Waals surface area contributed by atoms with Crippen molar-refractivity contribution in [1.82, 2.24) is 15.1 Å². The number of benzene rings is 1. The lowest BCUT2D eigenvalue weighted by molar-refractivity contribution is 0.0695. The van der Waals surface area contributed by atoms with Crippen molar-refractivity contribution in [3.63, 3.8) is 0 Å². The zero-order valence-corrected chi connectivity index (χ0v) is 10.2. The van der Waals surface area contributed by atoms with Gasteiger partial charge in [-0.15, -0.1) is 0 Å². The lowest BCUT2D eigenvalue weighted by Gasteiger charge is -2.06. The molecule has 0 aliphatic rings. The number of rotatable bonds is 3. The maximum atomic E-state index is 13.8. The Labute approximate surface area is 111 Å². The van der Waals surface area contributed by atoms with Crippen molar-refractivity contribution in [1.29, 1.82) is 0 Å². The van der Waals surface area contributed by atoms with Crippen LogP contribution in [-0.4, -0.2) is 33.8 Å². The molecule has 0 saturated carbocycles. The summed E-state index contributed by atoms with van der Waals surface area (Å²) in [6, 6.07) is 2.65. The Morgan fingerprint density at radius 2 is 1.90 bits per heavy atom. The third kappa shape index (κ3) is 2.35. The van der Waals surface area contributed by atoms with Crippen LogP contribution in [-0.2, 0) is 0 Å². The standard InChI is InChI=1S/C12H9F2N3O3/c1-15-11(18)9-2-3-17(16-9)10-7(13)4-6(12(19)20)5-8(10)14/h2-5H,1H3,(H,15,18)(H,19,20). The number of amides is 1. The molecule has 2 N–H and O–H groups in total. The number of hydrogen-bond donors (Lipinski definition) is 2. The molecule has 0 radical (unpaired) electrons. The molecule has 0 unspecified atom stereocenters. The molecule has 1 amide bonds. The van der Waals surface area contributed by atoms with Crippen LogP contribution >= 0.6 is 0 Å². The van der Waals surface area contributed by atoms with Crippen molar-refractivity contribution < 1.29 is 23.5 Å². The quantitative estimate of drug-likeness (QED) is 0.885. The minimum absolute atomic E-state index is 0.0198. The number of carboxylic acids is 1. The number of carbonyl (C=O) groups is 2. The fourth-order valence-corrected chi connectivity index (χ4v) is 1.61. The van der Waals surface area contributed by atoms with E-state index in [0.717, 1.165) is 4.68 Å². The lowest BCUT2D eigenvalue weighted by atomic mass is 10.2. The van der Waals surface area contributed by atoms with Crippen LogP contribution in [0.25, 0.3) is 5.69 Å². The number of nitrogens with one attached hydrogen (secondary N) is 1. The van der Waals surface area contributed by atoms with E-state index in [-0.39, 0.29) is 5.69 Å². The Morgan fingerprint density at radius 3 is 2.40 bits per heavy atom. The highest BCUT2D eigenvalue weighted by Gasteiger charge is 2.18. The highest BCUT2D eigenvalue weighted by molar-refractivity contribution is 5.92. The van der Waals surface area contributed by atoms with E-state index in [2.05, 4.69) is 10.4 Å². The molecule has 0 aliphatic carbocycles. The Kier molecular flexibility index (Phi) is 3.47. The number of carbonyl (C=O) groups excluding carboxylic acids is 1. The molecule has 20 heavy (non-hydrogen) atoms. The summed E-state index contributed by atoms with van der Waals surface area (Å²) < 4.78 is 28.4. The van der Waals surface area contributed by atoms with Gasteiger partial charge in [0, 0.05) is 13.2 Å². The summed E-state index contributed by atoms with van der Waals surface area (Å²) in [6.07, 6.45) is 1.20. The van der Waals surface area contributed by atoms with Crippen molar-refractivity contribution in [3.05, 3.63) is 47.3 Å². The van der Waals surface area contributed by atoms with Crippen LogP contribution < -0.4 is 5.32 Å². The molecule has 0 fully saturated rings. The van der Waals surface area contributed by atoms with E-state index >= 15 is 0 Å². The van der Waals surface area contributed by atoms with Crippen LogP contribution in [0.1, 0.15) is 20.8 Å². The number of aromatic carboxylic acids is 1. The van der Waals surface area contributed by atoms with E-state index in [0.29, 0.717) is 12.1 Å². The first-order chi connectivity index (χ1) is 9.43. The monoisotopic (exact) mass is 281 g/mol. The summed E-state index contributed by atoms with van der Waals surface area (Å²) in [5.41, 5.74) is -1.08. The molecule has 0 spiro atoms. The summed E-state index contributed by atoms with van der Waals surface area (Å²) in [5.74, 6) is -4.13. The van der Waals surface area contributed by atoms with Crippen LogP contribution in [0, 0.1) is 11.6 Å². The first kappa shape index (κ1) is 13.7. The zero-order chi connectivity index (χ0) is 14.9. The number of aromatic nitrogens is 2. The SMILES string of the molecule is CNC(=O)c1ccn(-c2c(F)cc(C(=O)O)cc2F)n1. The molecule has 1 heterocycles. The highest BCUT2D eigenvalue weighted by atomic mass is 19.1. The molecule has 0 atom stereocenters. The van der Waals surface area contributed by atoms with E-state index in [9.17, 15) is 18.4 Å². The van der Waals surface area contributed by atoms with Gasteiger partial charge in [0.1, 0.15) is 5.69 Å². The Balaban J connectivity index is 2.50. The molecule has 104 valence electrons. The van der Waals surface area contributed by atoms with Crippen LogP contribution in [0.4, 0.5) is 8.78 Å². The third-order valence-corrected chi connectivity index (χ3v) is 2.54. The largest absolute Gasteiger partial charge is 0.478 e. The summed E-state index contributed by atoms with van der Waals surface area (Å²) in [7, 11) is 1.39. The topological polar surface area (TPSA) is 84.2 Å². The fraction of sp³-hybridized carbons (Fsp3) is 0.0833. The van der Waals surface area contributed by atoms with Crippen LogP contribution in [0.2, 0.25) is 0 Å². The van der Waals surface area contributed by atoms with Crippen LogP contribution in [0.3, 0.4) is 0 Å². The minimum atomic E-state index is -1.44. The van der Waals surface area contributed by atoms with E-state index in [4.69, 9.17) is 5.11 Å². The van der Waals surface area contributed by atoms with Crippen LogP contribution in [0.15, 0.2) is 24.4 Å². The van der Waals surface area contributed by atoms with Gasteiger partial charge in [0.2, 0.25) is 0 Å². The Bertz CT molecular complexity index is 674. The number of hydrogen-bond acceptors (Lipinski definition) is 3. The van der Waals surface area contributed by atoms with Gasteiger partial charge in [0.25, 0.3) is 5.91 Å². The Morgan fingerprint density at radius 1 is 1.30 bits per heavy atom. The van der Waals surface area contributed by atoms with Gasteiger partial charge in [-0.25, -0.2) is 18.3 Å². The van der Waals surface area contributed by atoms with Gasteiger partial charge in [-0.2, -0.15) is 5.10 Å². The van der Waals surface area contributed by atoms with Crippen molar-refractivity contribution in [3.8, 4) is 5.69 Å². The molecule has 8 heteroatoms. The predicted molar refractivity (Wildman–Crippen MR) is 63.8 cm³/mol. The molecule has 2 rings (SSSR count). The second-order valence-corrected chi connectivity index (χ2v) is 3.82. The number of nitrogens with zero attached hydrogens (tertiary/aromatic N) is 2. The van der Waals surface area contributed by atoms with Gasteiger partial charge in [0.05, 0.1) is 5.56 Å². The number of halogens is 2. The molecule has 1 aromatic carbocycles. The molecular formula is C12H9F2N3O3. The minimum Gasteiger partial charge on any atom is -0.478 e. The van der Waals surface area contributed by atoms with E-state index in [1.807, 2.05) is 0 Å². The highest BCUT2D eigenvalue weighted by Crippen LogP contribution is 2.19. The van der Waals surface area contributed by atoms with E-state index in [1.165, 1.54) is 19.3 Å². The molecule has 0 saturated heterocycles. The third-order valence-electron chi connectivity index (χ3n) is 2.54. The van der Waals surface area contributed by atoms with E-state index < -0.39 is 34.8 Å². The maximum absolute atomic E-state index is 13.8. The molecule has 0 bridgehead atoms. The fourth-order valence-electron chi connectivity index (χ4n) is 1.61. The molecule has 0 aliphatic heterocycles. The zero-order valence-electron chi connectivity index (χ0n) is 10.2. The molecule has 6 nitrogen and oxygen atoms in total. The average Bonchev–Trinajstić information content (AvgIpc) is 2.86. The van der Waals surface area contributed by atoms with Gasteiger partial charge in [-0.3, -0.25) is 4.79 Å².